The van der Waals surface area contributed by atoms with E-state index < -0.39 is 28.7 Å². The number of nitrogens with zero attached hydrogens (tertiary/aromatic N) is 1. The van der Waals surface area contributed by atoms with E-state index in [9.17, 15) is 18.0 Å². The number of halogens is 3. The number of pyridine rings is 1. The molecule has 4 nitrogen and oxygen atoms in total. The quantitative estimate of drug-likeness (QED) is 0.835. The fraction of sp³-hybridized carbons (Fsp3) is 0.455. The average molecular weight is 293 g/mol. The monoisotopic (exact) mass is 293 g/mol. The standard InChI is InChI=1S/C11H14F3N3OS/c1-10(2,15)6-17-8(18)7-4-3-5-16-9(7)19-11(12,13)14/h3-5H,6,15H2,1-2H3,(H,17,18). The zero-order valence-electron chi connectivity index (χ0n) is 10.4. The fourth-order valence-electron chi connectivity index (χ4n) is 1.16. The first kappa shape index (κ1) is 15.8. The lowest BCUT2D eigenvalue weighted by Gasteiger charge is -2.19. The number of hydrogen-bond donors (Lipinski definition) is 2. The van der Waals surface area contributed by atoms with Crippen molar-refractivity contribution < 1.29 is 18.0 Å². The summed E-state index contributed by atoms with van der Waals surface area (Å²) >= 11 is -0.414. The van der Waals surface area contributed by atoms with Crippen molar-refractivity contribution >= 4 is 17.7 Å². The summed E-state index contributed by atoms with van der Waals surface area (Å²) in [7, 11) is 0. The maximum atomic E-state index is 12.3. The van der Waals surface area contributed by atoms with E-state index in [-0.39, 0.29) is 17.1 Å². The van der Waals surface area contributed by atoms with Crippen LogP contribution in [0.25, 0.3) is 0 Å². The lowest BCUT2D eigenvalue weighted by atomic mass is 10.1. The molecule has 1 rings (SSSR count). The maximum absolute atomic E-state index is 12.3. The average Bonchev–Trinajstić information content (AvgIpc) is 2.23. The zero-order valence-corrected chi connectivity index (χ0v) is 11.2. The Bertz CT molecular complexity index is 457. The van der Waals surface area contributed by atoms with Gasteiger partial charge in [0.25, 0.3) is 5.91 Å². The first-order valence-corrected chi connectivity index (χ1v) is 6.18. The van der Waals surface area contributed by atoms with E-state index in [1.165, 1.54) is 18.3 Å². The van der Waals surface area contributed by atoms with Crippen LogP contribution in [0.3, 0.4) is 0 Å². The van der Waals surface area contributed by atoms with Crippen LogP contribution in [0.1, 0.15) is 24.2 Å². The summed E-state index contributed by atoms with van der Waals surface area (Å²) in [5.74, 6) is -0.627. The summed E-state index contributed by atoms with van der Waals surface area (Å²) in [4.78, 5) is 15.4. The molecule has 0 unspecified atom stereocenters. The van der Waals surface area contributed by atoms with E-state index >= 15 is 0 Å². The molecular formula is C11H14F3N3OS. The van der Waals surface area contributed by atoms with Gasteiger partial charge in [0, 0.05) is 30.0 Å². The van der Waals surface area contributed by atoms with E-state index in [2.05, 4.69) is 10.3 Å². The number of rotatable bonds is 4. The number of aromatic nitrogens is 1. The molecule has 19 heavy (non-hydrogen) atoms. The van der Waals surface area contributed by atoms with Gasteiger partial charge in [0.2, 0.25) is 0 Å². The Morgan fingerprint density at radius 3 is 2.63 bits per heavy atom. The fourth-order valence-corrected chi connectivity index (χ4v) is 1.76. The van der Waals surface area contributed by atoms with Crippen molar-refractivity contribution in [3.8, 4) is 0 Å². The highest BCUT2D eigenvalue weighted by Crippen LogP contribution is 2.37. The number of hydrogen-bond acceptors (Lipinski definition) is 4. The first-order valence-electron chi connectivity index (χ1n) is 5.36. The summed E-state index contributed by atoms with van der Waals surface area (Å²) in [6.45, 7) is 3.54. The van der Waals surface area contributed by atoms with Crippen LogP contribution in [-0.2, 0) is 0 Å². The molecule has 0 saturated carbocycles. The zero-order chi connectivity index (χ0) is 14.7. The van der Waals surface area contributed by atoms with Gasteiger partial charge in [0.05, 0.1) is 5.56 Å². The van der Waals surface area contributed by atoms with Gasteiger partial charge in [-0.2, -0.15) is 13.2 Å². The largest absolute Gasteiger partial charge is 0.447 e. The molecule has 1 aromatic heterocycles. The highest BCUT2D eigenvalue weighted by molar-refractivity contribution is 8.00. The third-order valence-electron chi connectivity index (χ3n) is 1.93. The van der Waals surface area contributed by atoms with Gasteiger partial charge in [0.15, 0.2) is 0 Å². The number of carbonyl (C=O) groups excluding carboxylic acids is 1. The minimum Gasteiger partial charge on any atom is -0.350 e. The lowest BCUT2D eigenvalue weighted by Crippen LogP contribution is -2.45. The summed E-state index contributed by atoms with van der Waals surface area (Å²) in [6.07, 6.45) is 1.21. The van der Waals surface area contributed by atoms with Crippen molar-refractivity contribution in [2.24, 2.45) is 5.73 Å². The SMILES string of the molecule is CC(C)(N)CNC(=O)c1cccnc1SC(F)(F)F. The normalized spacial score (nSPS) is 12.3. The maximum Gasteiger partial charge on any atom is 0.447 e. The number of carbonyl (C=O) groups is 1. The van der Waals surface area contributed by atoms with Crippen LogP contribution in [0.4, 0.5) is 13.2 Å². The molecule has 1 amide bonds. The summed E-state index contributed by atoms with van der Waals surface area (Å²) < 4.78 is 37.0. The number of alkyl halides is 3. The molecule has 0 radical (unpaired) electrons. The summed E-state index contributed by atoms with van der Waals surface area (Å²) in [5.41, 5.74) is 0.436. The van der Waals surface area contributed by atoms with Gasteiger partial charge in [-0.3, -0.25) is 4.79 Å². The van der Waals surface area contributed by atoms with Crippen molar-refractivity contribution in [3.05, 3.63) is 23.9 Å². The van der Waals surface area contributed by atoms with Crippen LogP contribution in [0.5, 0.6) is 0 Å². The Kier molecular flexibility index (Phi) is 4.81. The summed E-state index contributed by atoms with van der Waals surface area (Å²) in [5, 5.41) is 2.11. The van der Waals surface area contributed by atoms with E-state index in [0.717, 1.165) is 0 Å². The lowest BCUT2D eigenvalue weighted by molar-refractivity contribution is -0.0329. The molecule has 8 heteroatoms. The number of nitrogens with one attached hydrogen (secondary N) is 1. The van der Waals surface area contributed by atoms with Crippen molar-refractivity contribution in [1.82, 2.24) is 10.3 Å². The molecule has 1 heterocycles. The topological polar surface area (TPSA) is 68.0 Å². The van der Waals surface area contributed by atoms with E-state index in [1.54, 1.807) is 13.8 Å². The molecule has 0 aliphatic rings. The molecule has 3 N–H and O–H groups in total. The van der Waals surface area contributed by atoms with Crippen LogP contribution in [0.2, 0.25) is 0 Å². The molecule has 0 aliphatic heterocycles. The molecule has 0 aromatic carbocycles. The smallest absolute Gasteiger partial charge is 0.350 e. The van der Waals surface area contributed by atoms with Crippen LogP contribution in [-0.4, -0.2) is 28.5 Å². The predicted octanol–water partition coefficient (Wildman–Crippen LogP) is 2.16. The second kappa shape index (κ2) is 5.79. The Balaban J connectivity index is 2.85. The van der Waals surface area contributed by atoms with Gasteiger partial charge in [-0.15, -0.1) is 0 Å². The van der Waals surface area contributed by atoms with E-state index in [0.29, 0.717) is 0 Å². The van der Waals surface area contributed by atoms with Crippen LogP contribution < -0.4 is 11.1 Å². The Morgan fingerprint density at radius 1 is 1.47 bits per heavy atom. The van der Waals surface area contributed by atoms with Crippen molar-refractivity contribution in [1.29, 1.82) is 0 Å². The van der Waals surface area contributed by atoms with Gasteiger partial charge >= 0.3 is 5.51 Å². The van der Waals surface area contributed by atoms with Crippen molar-refractivity contribution in [2.45, 2.75) is 29.9 Å². The minimum absolute atomic E-state index is 0.117. The number of nitrogens with two attached hydrogens (primary N) is 1. The molecule has 0 saturated heterocycles. The van der Waals surface area contributed by atoms with Crippen molar-refractivity contribution in [2.75, 3.05) is 6.54 Å². The molecule has 0 spiro atoms. The second-order valence-corrected chi connectivity index (χ2v) is 5.63. The molecule has 106 valence electrons. The van der Waals surface area contributed by atoms with Gasteiger partial charge in [-0.1, -0.05) is 0 Å². The highest BCUT2D eigenvalue weighted by Gasteiger charge is 2.32. The Hall–Kier alpha value is -1.28. The summed E-state index contributed by atoms with van der Waals surface area (Å²) in [6, 6.07) is 2.70. The number of amides is 1. The third kappa shape index (κ3) is 5.93. The predicted molar refractivity (Wildman–Crippen MR) is 66.7 cm³/mol. The van der Waals surface area contributed by atoms with Crippen LogP contribution in [0.15, 0.2) is 23.4 Å². The third-order valence-corrected chi connectivity index (χ3v) is 2.68. The number of thioether (sulfide) groups is 1. The molecule has 0 atom stereocenters. The first-order chi connectivity index (χ1) is 8.58. The van der Waals surface area contributed by atoms with Crippen LogP contribution in [0, 0.1) is 0 Å². The van der Waals surface area contributed by atoms with Gasteiger partial charge < -0.3 is 11.1 Å². The van der Waals surface area contributed by atoms with Crippen LogP contribution >= 0.6 is 11.8 Å². The Labute approximate surface area is 113 Å². The molecule has 0 fully saturated rings. The van der Waals surface area contributed by atoms with Gasteiger partial charge in [0.1, 0.15) is 5.03 Å². The Morgan fingerprint density at radius 2 is 2.11 bits per heavy atom. The second-order valence-electron chi connectivity index (χ2n) is 4.58. The molecule has 0 aliphatic carbocycles. The van der Waals surface area contributed by atoms with Gasteiger partial charge in [-0.25, -0.2) is 4.98 Å². The molecule has 0 bridgehead atoms. The van der Waals surface area contributed by atoms with E-state index in [1.807, 2.05) is 0 Å². The molecule has 1 aromatic rings. The van der Waals surface area contributed by atoms with E-state index in [4.69, 9.17) is 5.73 Å². The van der Waals surface area contributed by atoms with Gasteiger partial charge in [-0.05, 0) is 26.0 Å². The van der Waals surface area contributed by atoms with Crippen molar-refractivity contribution in [3.63, 3.8) is 0 Å². The highest BCUT2D eigenvalue weighted by atomic mass is 32.2. The molecular weight excluding hydrogens is 279 g/mol. The minimum atomic E-state index is -4.49.